The van der Waals surface area contributed by atoms with Crippen LogP contribution in [0.15, 0.2) is 24.3 Å². The lowest BCUT2D eigenvalue weighted by Crippen LogP contribution is -2.54. The maximum Gasteiger partial charge on any atom is 0.326 e. The predicted molar refractivity (Wildman–Crippen MR) is 113 cm³/mol. The Morgan fingerprint density at radius 2 is 1.47 bits per heavy atom. The first-order chi connectivity index (χ1) is 15.9. The molecule has 1 rings (SSSR count). The minimum Gasteiger partial charge on any atom is -0.508 e. The summed E-state index contributed by atoms with van der Waals surface area (Å²) in [5, 5.41) is 42.8. The number of rotatable bonds is 14. The van der Waals surface area contributed by atoms with Crippen LogP contribution in [0.5, 0.6) is 5.75 Å². The summed E-state index contributed by atoms with van der Waals surface area (Å²) >= 11 is 0. The van der Waals surface area contributed by atoms with E-state index in [9.17, 15) is 39.0 Å². The molecule has 0 aliphatic carbocycles. The molecule has 0 aliphatic heterocycles. The van der Waals surface area contributed by atoms with Crippen molar-refractivity contribution in [3.63, 3.8) is 0 Å². The second-order valence-corrected chi connectivity index (χ2v) is 7.24. The number of carboxylic acid groups (broad SMARTS) is 3. The second kappa shape index (κ2) is 13.4. The zero-order valence-electron chi connectivity index (χ0n) is 17.9. The molecule has 186 valence electrons. The number of carboxylic acids is 3. The van der Waals surface area contributed by atoms with Crippen LogP contribution in [-0.2, 0) is 35.2 Å². The van der Waals surface area contributed by atoms with Crippen LogP contribution in [0.1, 0.15) is 24.8 Å². The predicted octanol–water partition coefficient (Wildman–Crippen LogP) is -2.23. The van der Waals surface area contributed by atoms with Gasteiger partial charge in [-0.3, -0.25) is 24.0 Å². The van der Waals surface area contributed by atoms with Crippen LogP contribution in [0.2, 0.25) is 0 Å². The molecule has 14 nitrogen and oxygen atoms in total. The Morgan fingerprint density at radius 3 is 2.00 bits per heavy atom. The highest BCUT2D eigenvalue weighted by atomic mass is 16.4. The third-order valence-corrected chi connectivity index (χ3v) is 4.44. The number of aromatic hydroxyl groups is 1. The van der Waals surface area contributed by atoms with Crippen molar-refractivity contribution in [2.45, 2.75) is 43.8 Å². The maximum absolute atomic E-state index is 12.6. The molecular weight excluding hydrogens is 456 g/mol. The molecule has 9 N–H and O–H groups in total. The minimum absolute atomic E-state index is 0.0351. The third-order valence-electron chi connectivity index (χ3n) is 4.44. The second-order valence-electron chi connectivity index (χ2n) is 7.24. The van der Waals surface area contributed by atoms with E-state index in [2.05, 4.69) is 16.0 Å². The molecule has 3 atom stereocenters. The van der Waals surface area contributed by atoms with Gasteiger partial charge in [0.05, 0.1) is 19.0 Å². The molecule has 1 aromatic carbocycles. The van der Waals surface area contributed by atoms with E-state index in [4.69, 9.17) is 15.9 Å². The fourth-order valence-corrected chi connectivity index (χ4v) is 2.70. The molecule has 0 fully saturated rings. The smallest absolute Gasteiger partial charge is 0.326 e. The summed E-state index contributed by atoms with van der Waals surface area (Å²) in [6, 6.07) is 1.32. The van der Waals surface area contributed by atoms with Crippen LogP contribution in [-0.4, -0.2) is 80.7 Å². The summed E-state index contributed by atoms with van der Waals surface area (Å²) in [6.07, 6.45) is -1.72. The number of nitrogens with one attached hydrogen (secondary N) is 3. The van der Waals surface area contributed by atoms with Gasteiger partial charge in [-0.15, -0.1) is 0 Å². The molecule has 0 saturated heterocycles. The Hall–Kier alpha value is -4.20. The fraction of sp³-hybridized carbons (Fsp3) is 0.400. The van der Waals surface area contributed by atoms with Crippen LogP contribution >= 0.6 is 0 Å². The van der Waals surface area contributed by atoms with E-state index < -0.39 is 73.1 Å². The van der Waals surface area contributed by atoms with Gasteiger partial charge in [0, 0.05) is 12.8 Å². The monoisotopic (exact) mass is 482 g/mol. The van der Waals surface area contributed by atoms with Crippen molar-refractivity contribution >= 4 is 35.6 Å². The SMILES string of the molecule is NC(CC(=O)O)C(=O)NCC(=O)NC(CCC(=O)O)C(=O)NC(Cc1ccc(O)cc1)C(=O)O. The number of carbonyl (C=O) groups is 6. The first kappa shape index (κ1) is 27.8. The van der Waals surface area contributed by atoms with E-state index in [0.717, 1.165) is 0 Å². The standard InChI is InChI=1S/C20H26N4O10/c21-12(8-17(29)30)18(31)22-9-15(26)23-13(5-6-16(27)28)19(32)24-14(20(33)34)7-10-1-3-11(25)4-2-10/h1-4,12-14,25H,5-9,21H2,(H,22,31)(H,23,26)(H,24,32)(H,27,28)(H,29,30)(H,33,34). The molecule has 0 heterocycles. The topological polar surface area (TPSA) is 245 Å². The van der Waals surface area contributed by atoms with Crippen LogP contribution < -0.4 is 21.7 Å². The zero-order valence-corrected chi connectivity index (χ0v) is 17.9. The van der Waals surface area contributed by atoms with Crippen molar-refractivity contribution in [3.8, 4) is 5.75 Å². The molecule has 3 unspecified atom stereocenters. The highest BCUT2D eigenvalue weighted by Crippen LogP contribution is 2.12. The molecule has 0 aromatic heterocycles. The van der Waals surface area contributed by atoms with Crippen LogP contribution in [0.25, 0.3) is 0 Å². The van der Waals surface area contributed by atoms with E-state index in [1.54, 1.807) is 0 Å². The first-order valence-corrected chi connectivity index (χ1v) is 9.96. The Bertz CT molecular complexity index is 918. The van der Waals surface area contributed by atoms with Gasteiger partial charge in [-0.2, -0.15) is 0 Å². The van der Waals surface area contributed by atoms with Crippen molar-refractivity contribution in [1.82, 2.24) is 16.0 Å². The van der Waals surface area contributed by atoms with Gasteiger partial charge in [0.15, 0.2) is 0 Å². The summed E-state index contributed by atoms with van der Waals surface area (Å²) in [4.78, 5) is 69.6. The molecule has 3 amide bonds. The van der Waals surface area contributed by atoms with Crippen LogP contribution in [0, 0.1) is 0 Å². The average molecular weight is 482 g/mol. The third kappa shape index (κ3) is 10.4. The number of benzene rings is 1. The van der Waals surface area contributed by atoms with Gasteiger partial charge < -0.3 is 42.1 Å². The molecule has 0 saturated carbocycles. The highest BCUT2D eigenvalue weighted by Gasteiger charge is 2.27. The first-order valence-electron chi connectivity index (χ1n) is 9.96. The molecular formula is C20H26N4O10. The van der Waals surface area contributed by atoms with Gasteiger partial charge >= 0.3 is 17.9 Å². The van der Waals surface area contributed by atoms with Crippen molar-refractivity contribution < 1.29 is 49.2 Å². The van der Waals surface area contributed by atoms with Crippen molar-refractivity contribution in [3.05, 3.63) is 29.8 Å². The zero-order chi connectivity index (χ0) is 25.8. The summed E-state index contributed by atoms with van der Waals surface area (Å²) in [5.74, 6) is -6.81. The largest absolute Gasteiger partial charge is 0.508 e. The quantitative estimate of drug-likeness (QED) is 0.141. The number of hydrogen-bond donors (Lipinski definition) is 8. The summed E-state index contributed by atoms with van der Waals surface area (Å²) in [7, 11) is 0. The Kier molecular flexibility index (Phi) is 10.9. The van der Waals surface area contributed by atoms with Gasteiger partial charge in [0.25, 0.3) is 0 Å². The Morgan fingerprint density at radius 1 is 0.853 bits per heavy atom. The number of carbonyl (C=O) groups excluding carboxylic acids is 3. The minimum atomic E-state index is -1.44. The molecule has 14 heteroatoms. The molecule has 0 spiro atoms. The number of amides is 3. The van der Waals surface area contributed by atoms with Crippen LogP contribution in [0.4, 0.5) is 0 Å². The van der Waals surface area contributed by atoms with E-state index in [-0.39, 0.29) is 18.6 Å². The highest BCUT2D eigenvalue weighted by molar-refractivity contribution is 5.93. The van der Waals surface area contributed by atoms with E-state index in [0.29, 0.717) is 5.56 Å². The van der Waals surface area contributed by atoms with Gasteiger partial charge in [-0.1, -0.05) is 12.1 Å². The van der Waals surface area contributed by atoms with Crippen LogP contribution in [0.3, 0.4) is 0 Å². The number of hydrogen-bond acceptors (Lipinski definition) is 8. The molecule has 1 aromatic rings. The lowest BCUT2D eigenvalue weighted by atomic mass is 10.0. The van der Waals surface area contributed by atoms with E-state index in [1.165, 1.54) is 24.3 Å². The average Bonchev–Trinajstić information content (AvgIpc) is 2.74. The molecule has 0 bridgehead atoms. The lowest BCUT2D eigenvalue weighted by Gasteiger charge is -2.21. The maximum atomic E-state index is 12.6. The summed E-state index contributed by atoms with van der Waals surface area (Å²) < 4.78 is 0. The van der Waals surface area contributed by atoms with Crippen molar-refractivity contribution in [1.29, 1.82) is 0 Å². The van der Waals surface area contributed by atoms with E-state index in [1.807, 2.05) is 0 Å². The normalized spacial score (nSPS) is 13.1. The fourth-order valence-electron chi connectivity index (χ4n) is 2.70. The van der Waals surface area contributed by atoms with Gasteiger partial charge in [0.2, 0.25) is 17.7 Å². The molecule has 0 radical (unpaired) electrons. The molecule has 34 heavy (non-hydrogen) atoms. The summed E-state index contributed by atoms with van der Waals surface area (Å²) in [5.41, 5.74) is 5.85. The van der Waals surface area contributed by atoms with Gasteiger partial charge in [0.1, 0.15) is 17.8 Å². The lowest BCUT2D eigenvalue weighted by molar-refractivity contribution is -0.143. The van der Waals surface area contributed by atoms with Gasteiger partial charge in [-0.25, -0.2) is 4.79 Å². The number of aliphatic carboxylic acids is 3. The van der Waals surface area contributed by atoms with Crippen molar-refractivity contribution in [2.24, 2.45) is 5.73 Å². The number of phenols is 1. The Balaban J connectivity index is 2.80. The summed E-state index contributed by atoms with van der Waals surface area (Å²) in [6.45, 7) is -0.682. The van der Waals surface area contributed by atoms with Gasteiger partial charge in [-0.05, 0) is 24.1 Å². The number of phenolic OH excluding ortho intramolecular Hbond substituents is 1. The number of nitrogens with two attached hydrogens (primary N) is 1. The Labute approximate surface area is 193 Å². The van der Waals surface area contributed by atoms with Crippen molar-refractivity contribution in [2.75, 3.05) is 6.54 Å². The molecule has 0 aliphatic rings. The van der Waals surface area contributed by atoms with E-state index >= 15 is 0 Å².